The lowest BCUT2D eigenvalue weighted by Crippen LogP contribution is -2.58. The fourth-order valence-corrected chi connectivity index (χ4v) is 6.66. The summed E-state index contributed by atoms with van der Waals surface area (Å²) >= 11 is 1.72. The molecule has 0 aliphatic carbocycles. The van der Waals surface area contributed by atoms with E-state index in [1.54, 1.807) is 11.8 Å². The standard InChI is InChI=1S/C28H42N6O12S/c1-13(2)23(27(45)29-14(11-35)9-21(39)40)33-25(43)15(7-8-20(37)38)31-26(44)16(10-22(41)42)30-19(36)6-4-3-5-18-24-17(12-47-18)32-28(46)34-24/h11,13-18,23-24H,3-10,12H2,1-2H3,(H,29,45)(H,30,36)(H,31,44)(H,33,43)(H,37,38)(H,39,40)(H,41,42)(H2,32,34,46)/t14-,15-,16-,17-,18-,23-,24-/m0/s1. The molecule has 47 heavy (non-hydrogen) atoms. The normalized spacial score (nSPS) is 20.7. The number of aliphatic carboxylic acids is 3. The second kappa shape index (κ2) is 18.7. The van der Waals surface area contributed by atoms with E-state index in [0.29, 0.717) is 12.8 Å². The maximum atomic E-state index is 13.2. The summed E-state index contributed by atoms with van der Waals surface area (Å²) in [5.41, 5.74) is 0. The van der Waals surface area contributed by atoms with E-state index in [4.69, 9.17) is 10.2 Å². The highest BCUT2D eigenvalue weighted by Gasteiger charge is 2.42. The van der Waals surface area contributed by atoms with Gasteiger partial charge in [-0.1, -0.05) is 20.3 Å². The van der Waals surface area contributed by atoms with Gasteiger partial charge in [-0.05, 0) is 25.2 Å². The van der Waals surface area contributed by atoms with Gasteiger partial charge in [-0.25, -0.2) is 4.79 Å². The summed E-state index contributed by atoms with van der Waals surface area (Å²) in [5.74, 6) is -7.52. The van der Waals surface area contributed by atoms with Crippen LogP contribution >= 0.6 is 11.8 Å². The number of fused-ring (bicyclic) bond motifs is 1. The van der Waals surface area contributed by atoms with Gasteiger partial charge in [0.15, 0.2) is 0 Å². The molecular weight excluding hydrogens is 644 g/mol. The van der Waals surface area contributed by atoms with Crippen molar-refractivity contribution in [3.8, 4) is 0 Å². The molecule has 0 spiro atoms. The molecule has 0 bridgehead atoms. The lowest BCUT2D eigenvalue weighted by atomic mass is 10.0. The van der Waals surface area contributed by atoms with Crippen LogP contribution in [0, 0.1) is 5.92 Å². The smallest absolute Gasteiger partial charge is 0.315 e. The van der Waals surface area contributed by atoms with Crippen molar-refractivity contribution in [1.29, 1.82) is 0 Å². The van der Waals surface area contributed by atoms with E-state index in [-0.39, 0.29) is 36.1 Å². The minimum Gasteiger partial charge on any atom is -0.481 e. The van der Waals surface area contributed by atoms with Gasteiger partial charge in [-0.3, -0.25) is 33.6 Å². The average Bonchev–Trinajstić information content (AvgIpc) is 3.53. The summed E-state index contributed by atoms with van der Waals surface area (Å²) in [6, 6.07) is -6.04. The maximum absolute atomic E-state index is 13.2. The first-order valence-electron chi connectivity index (χ1n) is 15.1. The summed E-state index contributed by atoms with van der Waals surface area (Å²) in [6.45, 7) is 3.07. The maximum Gasteiger partial charge on any atom is 0.315 e. The highest BCUT2D eigenvalue weighted by Crippen LogP contribution is 2.33. The Kier molecular flexibility index (Phi) is 15.4. The molecule has 0 saturated carbocycles. The first-order valence-corrected chi connectivity index (χ1v) is 16.2. The molecule has 19 heteroatoms. The van der Waals surface area contributed by atoms with Gasteiger partial charge in [0.2, 0.25) is 23.6 Å². The third-order valence-electron chi connectivity index (χ3n) is 7.52. The quantitative estimate of drug-likeness (QED) is 0.0371. The van der Waals surface area contributed by atoms with Crippen molar-refractivity contribution in [2.24, 2.45) is 5.92 Å². The summed E-state index contributed by atoms with van der Waals surface area (Å²) in [4.78, 5) is 108. The average molecular weight is 687 g/mol. The summed E-state index contributed by atoms with van der Waals surface area (Å²) in [6.07, 6.45) is -0.640. The van der Waals surface area contributed by atoms with Gasteiger partial charge in [0.25, 0.3) is 0 Å². The Morgan fingerprint density at radius 1 is 0.830 bits per heavy atom. The number of aldehydes is 1. The van der Waals surface area contributed by atoms with Crippen molar-refractivity contribution < 1.29 is 58.5 Å². The number of carbonyl (C=O) groups is 9. The van der Waals surface area contributed by atoms with Crippen LogP contribution in [0.1, 0.15) is 65.2 Å². The molecule has 0 aromatic carbocycles. The van der Waals surface area contributed by atoms with Gasteiger partial charge in [0.05, 0.1) is 31.0 Å². The molecule has 0 radical (unpaired) electrons. The number of hydrogen-bond acceptors (Lipinski definition) is 10. The Bertz CT molecular complexity index is 1220. The van der Waals surface area contributed by atoms with Crippen molar-refractivity contribution in [3.05, 3.63) is 0 Å². The highest BCUT2D eigenvalue weighted by atomic mass is 32.2. The van der Waals surface area contributed by atoms with E-state index in [9.17, 15) is 48.3 Å². The van der Waals surface area contributed by atoms with E-state index in [1.165, 1.54) is 13.8 Å². The molecule has 2 fully saturated rings. The van der Waals surface area contributed by atoms with Gasteiger partial charge in [0.1, 0.15) is 24.4 Å². The predicted molar refractivity (Wildman–Crippen MR) is 164 cm³/mol. The summed E-state index contributed by atoms with van der Waals surface area (Å²) < 4.78 is 0. The zero-order valence-electron chi connectivity index (χ0n) is 26.0. The molecule has 9 N–H and O–H groups in total. The van der Waals surface area contributed by atoms with Gasteiger partial charge < -0.3 is 52.0 Å². The van der Waals surface area contributed by atoms with E-state index < -0.39 is 97.3 Å². The van der Waals surface area contributed by atoms with Crippen LogP contribution in [0.3, 0.4) is 0 Å². The molecule has 18 nitrogen and oxygen atoms in total. The Morgan fingerprint density at radius 2 is 1.49 bits per heavy atom. The number of hydrogen-bond donors (Lipinski definition) is 9. The van der Waals surface area contributed by atoms with E-state index in [0.717, 1.165) is 12.2 Å². The number of unbranched alkanes of at least 4 members (excludes halogenated alkanes) is 1. The van der Waals surface area contributed by atoms with Crippen molar-refractivity contribution >= 4 is 65.6 Å². The van der Waals surface area contributed by atoms with E-state index >= 15 is 0 Å². The third-order valence-corrected chi connectivity index (χ3v) is 9.03. The molecule has 2 aliphatic rings. The second-order valence-electron chi connectivity index (χ2n) is 11.7. The zero-order chi connectivity index (χ0) is 35.3. The van der Waals surface area contributed by atoms with Crippen molar-refractivity contribution in [1.82, 2.24) is 31.9 Å². The number of carboxylic acid groups (broad SMARTS) is 3. The second-order valence-corrected chi connectivity index (χ2v) is 12.9. The first kappa shape index (κ1) is 38.8. The fourth-order valence-electron chi connectivity index (χ4n) is 5.12. The lowest BCUT2D eigenvalue weighted by molar-refractivity contribution is -0.141. The largest absolute Gasteiger partial charge is 0.481 e. The fraction of sp³-hybridized carbons (Fsp3) is 0.679. The van der Waals surface area contributed by atoms with Crippen LogP contribution in [0.5, 0.6) is 0 Å². The van der Waals surface area contributed by atoms with Gasteiger partial charge in [-0.2, -0.15) is 11.8 Å². The first-order chi connectivity index (χ1) is 22.1. The molecule has 2 saturated heterocycles. The number of carbonyl (C=O) groups excluding carboxylic acids is 6. The Morgan fingerprint density at radius 3 is 2.09 bits per heavy atom. The molecule has 0 aromatic rings. The molecule has 2 heterocycles. The van der Waals surface area contributed by atoms with E-state index in [2.05, 4.69) is 31.9 Å². The molecular formula is C28H42N6O12S. The third kappa shape index (κ3) is 13.1. The topological polar surface area (TPSA) is 286 Å². The number of amides is 6. The summed E-state index contributed by atoms with van der Waals surface area (Å²) in [5, 5.41) is 42.5. The van der Waals surface area contributed by atoms with Gasteiger partial charge >= 0.3 is 23.9 Å². The van der Waals surface area contributed by atoms with Crippen LogP contribution in [0.15, 0.2) is 0 Å². The van der Waals surface area contributed by atoms with Crippen LogP contribution in [0.25, 0.3) is 0 Å². The predicted octanol–water partition coefficient (Wildman–Crippen LogP) is -1.68. The van der Waals surface area contributed by atoms with Crippen molar-refractivity contribution in [2.75, 3.05) is 5.75 Å². The molecule has 0 aromatic heterocycles. The Hall–Kier alpha value is -4.42. The van der Waals surface area contributed by atoms with Crippen LogP contribution < -0.4 is 31.9 Å². The number of thioether (sulfide) groups is 1. The number of rotatable bonds is 21. The molecule has 2 rings (SSSR count). The van der Waals surface area contributed by atoms with Crippen LogP contribution in [0.4, 0.5) is 4.79 Å². The molecule has 6 amide bonds. The Labute approximate surface area is 274 Å². The van der Waals surface area contributed by atoms with Gasteiger partial charge in [-0.15, -0.1) is 0 Å². The Balaban J connectivity index is 2.02. The van der Waals surface area contributed by atoms with Crippen molar-refractivity contribution in [2.45, 2.75) is 107 Å². The minimum absolute atomic E-state index is 0.00615. The number of urea groups is 1. The van der Waals surface area contributed by atoms with Crippen LogP contribution in [0.2, 0.25) is 0 Å². The molecule has 262 valence electrons. The lowest BCUT2D eigenvalue weighted by Gasteiger charge is -2.27. The SMILES string of the molecule is CC(C)[C@H](NC(=O)[C@H](CCC(=O)O)NC(=O)[C@H](CC(=O)O)NC(=O)CCCC[C@@H]1SC[C@@H]2NC(=O)N[C@@H]21)C(=O)N[C@H](C=O)CC(=O)O. The summed E-state index contributed by atoms with van der Waals surface area (Å²) in [7, 11) is 0. The zero-order valence-corrected chi connectivity index (χ0v) is 26.8. The minimum atomic E-state index is -1.61. The molecule has 7 atom stereocenters. The number of nitrogens with one attached hydrogen (secondary N) is 6. The molecule has 0 unspecified atom stereocenters. The van der Waals surface area contributed by atoms with Crippen LogP contribution in [-0.2, 0) is 38.4 Å². The van der Waals surface area contributed by atoms with Crippen LogP contribution in [-0.4, -0.2) is 116 Å². The molecule has 2 aliphatic heterocycles. The van der Waals surface area contributed by atoms with E-state index in [1.807, 2.05) is 0 Å². The monoisotopic (exact) mass is 686 g/mol. The van der Waals surface area contributed by atoms with Gasteiger partial charge in [0, 0.05) is 23.8 Å². The van der Waals surface area contributed by atoms with Crippen molar-refractivity contribution in [3.63, 3.8) is 0 Å². The number of carboxylic acids is 3. The highest BCUT2D eigenvalue weighted by molar-refractivity contribution is 8.00.